The summed E-state index contributed by atoms with van der Waals surface area (Å²) < 4.78 is 12.2. The molecule has 38 heavy (non-hydrogen) atoms. The van der Waals surface area contributed by atoms with Crippen LogP contribution in [-0.4, -0.2) is 33.9 Å². The van der Waals surface area contributed by atoms with Gasteiger partial charge in [0.05, 0.1) is 0 Å². The van der Waals surface area contributed by atoms with Crippen molar-refractivity contribution >= 4 is 55.1 Å². The molecular formula is C30H38O4S4. The van der Waals surface area contributed by atoms with Crippen LogP contribution in [0, 0.1) is 0 Å². The van der Waals surface area contributed by atoms with E-state index in [2.05, 4.69) is 0 Å². The van der Waals surface area contributed by atoms with Crippen molar-refractivity contribution in [3.63, 3.8) is 0 Å². The molecule has 0 bridgehead atoms. The Morgan fingerprint density at radius 2 is 1.08 bits per heavy atom. The van der Waals surface area contributed by atoms with E-state index in [0.29, 0.717) is 23.3 Å². The molecular weight excluding hydrogens is 553 g/mol. The van der Waals surface area contributed by atoms with E-state index in [9.17, 15) is 9.59 Å². The van der Waals surface area contributed by atoms with Crippen molar-refractivity contribution in [2.24, 2.45) is 0 Å². The van der Waals surface area contributed by atoms with E-state index in [0.717, 1.165) is 49.7 Å². The van der Waals surface area contributed by atoms with E-state index >= 15 is 0 Å². The van der Waals surface area contributed by atoms with Gasteiger partial charge in [0.1, 0.15) is 0 Å². The molecule has 0 spiro atoms. The summed E-state index contributed by atoms with van der Waals surface area (Å²) in [4.78, 5) is 26.0. The van der Waals surface area contributed by atoms with E-state index in [-0.39, 0.29) is 11.9 Å². The average molecular weight is 591 g/mol. The van der Waals surface area contributed by atoms with Gasteiger partial charge in [-0.15, -0.1) is 0 Å². The zero-order valence-electron chi connectivity index (χ0n) is 21.8. The number of hydrogen-bond donors (Lipinski definition) is 0. The highest BCUT2D eigenvalue weighted by Crippen LogP contribution is 2.41. The number of carbonyl (C=O) groups is 2. The van der Waals surface area contributed by atoms with Crippen LogP contribution in [0.1, 0.15) is 87.5 Å². The minimum absolute atomic E-state index is 0.240. The van der Waals surface area contributed by atoms with Gasteiger partial charge in [-0.05, 0) is 49.7 Å². The van der Waals surface area contributed by atoms with Crippen molar-refractivity contribution in [3.05, 3.63) is 71.8 Å². The summed E-state index contributed by atoms with van der Waals surface area (Å²) in [5.74, 6) is 1.98. The van der Waals surface area contributed by atoms with E-state index in [1.165, 1.54) is 24.3 Å². The quantitative estimate of drug-likeness (QED) is 0.116. The Bertz CT molecular complexity index is 883. The topological polar surface area (TPSA) is 52.6 Å². The molecule has 2 fully saturated rings. The lowest BCUT2D eigenvalue weighted by Crippen LogP contribution is -2.23. The van der Waals surface area contributed by atoms with Crippen molar-refractivity contribution in [1.82, 2.24) is 0 Å². The van der Waals surface area contributed by atoms with Gasteiger partial charge in [-0.25, -0.2) is 0 Å². The second kappa shape index (κ2) is 16.8. The third kappa shape index (κ3) is 10.1. The Morgan fingerprint density at radius 3 is 1.45 bits per heavy atom. The predicted molar refractivity (Wildman–Crippen MR) is 164 cm³/mol. The highest BCUT2D eigenvalue weighted by Gasteiger charge is 2.32. The van der Waals surface area contributed by atoms with Crippen molar-refractivity contribution in [2.45, 2.75) is 86.9 Å². The Hall–Kier alpha value is -1.22. The molecule has 2 saturated heterocycles. The molecule has 2 aromatic rings. The largest absolute Gasteiger partial charge is 0.453 e. The Kier molecular flexibility index (Phi) is 13.1. The van der Waals surface area contributed by atoms with Crippen LogP contribution in [0.3, 0.4) is 0 Å². The summed E-state index contributed by atoms with van der Waals surface area (Å²) in [6.07, 6.45) is 7.87. The molecule has 0 aliphatic carbocycles. The van der Waals surface area contributed by atoms with Crippen LogP contribution in [0.25, 0.3) is 0 Å². The van der Waals surface area contributed by atoms with Gasteiger partial charge in [-0.2, -0.15) is 0 Å². The van der Waals surface area contributed by atoms with Crippen molar-refractivity contribution in [2.75, 3.05) is 11.5 Å². The molecule has 206 valence electrons. The summed E-state index contributed by atoms with van der Waals surface area (Å²) in [6, 6.07) is 19.3. The zero-order valence-corrected chi connectivity index (χ0v) is 25.1. The molecule has 4 nitrogen and oxygen atoms in total. The Morgan fingerprint density at radius 1 is 0.658 bits per heavy atom. The molecule has 2 aliphatic heterocycles. The van der Waals surface area contributed by atoms with Crippen LogP contribution in [0.5, 0.6) is 0 Å². The third-order valence-electron chi connectivity index (χ3n) is 6.82. The minimum atomic E-state index is -0.691. The summed E-state index contributed by atoms with van der Waals surface area (Å²) in [7, 11) is 7.86. The highest BCUT2D eigenvalue weighted by molar-refractivity contribution is 8.77. The first-order valence-corrected chi connectivity index (χ1v) is 18.5. The van der Waals surface area contributed by atoms with Crippen LogP contribution < -0.4 is 0 Å². The zero-order chi connectivity index (χ0) is 26.4. The van der Waals surface area contributed by atoms with E-state index in [1.54, 1.807) is 0 Å². The Balaban J connectivity index is 1.37. The van der Waals surface area contributed by atoms with Gasteiger partial charge in [-0.1, -0.05) is 117 Å². The molecule has 0 N–H and O–H groups in total. The maximum atomic E-state index is 13.0. The number of hydrogen-bond acceptors (Lipinski definition) is 8. The van der Waals surface area contributed by atoms with Crippen LogP contribution in [0.4, 0.5) is 0 Å². The predicted octanol–water partition coefficient (Wildman–Crippen LogP) is 8.98. The molecule has 4 rings (SSSR count). The van der Waals surface area contributed by atoms with Crippen molar-refractivity contribution in [1.29, 1.82) is 0 Å². The summed E-state index contributed by atoms with van der Waals surface area (Å²) >= 11 is 0. The molecule has 2 heterocycles. The standard InChI is InChI=1S/C30H38O4S4/c31-27(17-9-7-15-25-19-21-35-37-25)33-29(23-11-3-1-4-12-23)30(24-13-5-2-6-14-24)34-28(32)18-10-8-16-26-20-22-36-38-26/h1-6,11-14,25-26,29-30H,7-10,15-22H2. The van der Waals surface area contributed by atoms with Gasteiger partial charge in [0.2, 0.25) is 0 Å². The molecule has 4 atom stereocenters. The van der Waals surface area contributed by atoms with Gasteiger partial charge in [0.15, 0.2) is 12.2 Å². The lowest BCUT2D eigenvalue weighted by Gasteiger charge is -2.28. The smallest absolute Gasteiger partial charge is 0.306 e. The number of esters is 2. The second-order valence-electron chi connectivity index (χ2n) is 9.79. The monoisotopic (exact) mass is 590 g/mol. The summed E-state index contributed by atoms with van der Waals surface area (Å²) in [5.41, 5.74) is 1.66. The van der Waals surface area contributed by atoms with Gasteiger partial charge in [-0.3, -0.25) is 9.59 Å². The van der Waals surface area contributed by atoms with Crippen LogP contribution >= 0.6 is 43.2 Å². The van der Waals surface area contributed by atoms with E-state index in [1.807, 2.05) is 104 Å². The number of ether oxygens (including phenoxy) is 2. The summed E-state index contributed by atoms with van der Waals surface area (Å²) in [6.45, 7) is 0. The van der Waals surface area contributed by atoms with E-state index in [4.69, 9.17) is 9.47 Å². The average Bonchev–Trinajstić information content (AvgIpc) is 3.67. The SMILES string of the molecule is O=C(CCCCC1CCSS1)OC(c1ccccc1)C(OC(=O)CCCCC1CCSS1)c1ccccc1. The molecule has 0 radical (unpaired) electrons. The fourth-order valence-electron chi connectivity index (χ4n) is 4.71. The van der Waals surface area contributed by atoms with Crippen LogP contribution in [0.2, 0.25) is 0 Å². The molecule has 2 aromatic carbocycles. The fourth-order valence-corrected chi connectivity index (χ4v) is 10.8. The summed E-state index contributed by atoms with van der Waals surface area (Å²) in [5, 5.41) is 1.43. The normalized spacial score (nSPS) is 20.6. The molecule has 0 amide bonds. The number of unbranched alkanes of at least 4 members (excludes halogenated alkanes) is 2. The number of rotatable bonds is 15. The lowest BCUT2D eigenvalue weighted by atomic mass is 9.97. The molecule has 0 saturated carbocycles. The van der Waals surface area contributed by atoms with Gasteiger partial charge in [0.25, 0.3) is 0 Å². The number of benzene rings is 2. The maximum absolute atomic E-state index is 13.0. The number of carbonyl (C=O) groups excluding carboxylic acids is 2. The van der Waals surface area contributed by atoms with Crippen molar-refractivity contribution < 1.29 is 19.1 Å². The van der Waals surface area contributed by atoms with Gasteiger partial charge >= 0.3 is 11.9 Å². The first kappa shape index (κ1) is 29.8. The van der Waals surface area contributed by atoms with Gasteiger partial charge in [0, 0.05) is 34.8 Å². The third-order valence-corrected chi connectivity index (χ3v) is 12.8. The molecule has 2 aliphatic rings. The molecule has 8 heteroatoms. The van der Waals surface area contributed by atoms with Crippen molar-refractivity contribution in [3.8, 4) is 0 Å². The van der Waals surface area contributed by atoms with Gasteiger partial charge < -0.3 is 9.47 Å². The van der Waals surface area contributed by atoms with E-state index < -0.39 is 12.2 Å². The second-order valence-corrected chi connectivity index (χ2v) is 15.4. The highest BCUT2D eigenvalue weighted by atomic mass is 33.1. The van der Waals surface area contributed by atoms with Crippen LogP contribution in [0.15, 0.2) is 60.7 Å². The molecule has 0 aromatic heterocycles. The minimum Gasteiger partial charge on any atom is -0.453 e. The lowest BCUT2D eigenvalue weighted by molar-refractivity contribution is -0.170. The van der Waals surface area contributed by atoms with Crippen LogP contribution in [-0.2, 0) is 19.1 Å². The Labute approximate surface area is 243 Å². The fraction of sp³-hybridized carbons (Fsp3) is 0.533. The first-order chi connectivity index (χ1) is 18.7. The molecule has 4 unspecified atom stereocenters. The first-order valence-electron chi connectivity index (χ1n) is 13.7. The maximum Gasteiger partial charge on any atom is 0.306 e.